The molecule has 0 aliphatic rings. The average molecular weight is 334 g/mol. The second-order valence-electron chi connectivity index (χ2n) is 3.44. The Labute approximate surface area is 97.0 Å². The number of halogens is 1. The van der Waals surface area contributed by atoms with Gasteiger partial charge in [-0.05, 0) is 0 Å². The van der Waals surface area contributed by atoms with Crippen molar-refractivity contribution in [3.63, 3.8) is 0 Å². The summed E-state index contributed by atoms with van der Waals surface area (Å²) in [5.74, 6) is 0. The van der Waals surface area contributed by atoms with Gasteiger partial charge in [0, 0.05) is 0 Å². The Balaban J connectivity index is 4.91. The number of nitrogens with zero attached hydrogens (tertiary/aromatic N) is 1. The van der Waals surface area contributed by atoms with Gasteiger partial charge in [0.1, 0.15) is 0 Å². The van der Waals surface area contributed by atoms with Crippen LogP contribution in [0.4, 0.5) is 0 Å². The number of alkyl halides is 1. The summed E-state index contributed by atoms with van der Waals surface area (Å²) in [6.07, 6.45) is 1.76. The van der Waals surface area contributed by atoms with Gasteiger partial charge < -0.3 is 0 Å². The molecule has 0 N–H and O–H groups in total. The molecule has 0 rings (SSSR count). The van der Waals surface area contributed by atoms with Gasteiger partial charge in [0.25, 0.3) is 0 Å². The van der Waals surface area contributed by atoms with Crippen molar-refractivity contribution in [1.29, 1.82) is 0 Å². The first-order chi connectivity index (χ1) is 6.40. The van der Waals surface area contributed by atoms with Crippen LogP contribution in [0.2, 0.25) is 0 Å². The van der Waals surface area contributed by atoms with Crippen LogP contribution in [0.15, 0.2) is 0 Å². The van der Waals surface area contributed by atoms with E-state index in [4.69, 9.17) is 0 Å². The second kappa shape index (κ2) is 6.27. The molecule has 5 heteroatoms. The van der Waals surface area contributed by atoms with Crippen molar-refractivity contribution in [2.75, 3.05) is 4.93 Å². The predicted molar refractivity (Wildman–Crippen MR) is 56.2 cm³/mol. The first kappa shape index (κ1) is 14.6. The van der Waals surface area contributed by atoms with E-state index in [0.717, 1.165) is 12.8 Å². The van der Waals surface area contributed by atoms with E-state index >= 15 is 0 Å². The van der Waals surface area contributed by atoms with Crippen LogP contribution in [0.3, 0.4) is 0 Å². The summed E-state index contributed by atoms with van der Waals surface area (Å²) in [7, 11) is -2.94. The molecule has 2 atom stereocenters. The van der Waals surface area contributed by atoms with Crippen LogP contribution >= 0.6 is 0 Å². The monoisotopic (exact) mass is 334 g/mol. The quantitative estimate of drug-likeness (QED) is 0.350. The summed E-state index contributed by atoms with van der Waals surface area (Å²) in [4.78, 5) is 1.81. The Bertz CT molecular complexity index is 244. The van der Waals surface area contributed by atoms with Crippen LogP contribution < -0.4 is 19.8 Å². The molecule has 0 saturated heterocycles. The van der Waals surface area contributed by atoms with Crippen molar-refractivity contribution in [3.8, 4) is 0 Å². The van der Waals surface area contributed by atoms with Crippen molar-refractivity contribution in [2.45, 2.75) is 52.6 Å². The van der Waals surface area contributed by atoms with Gasteiger partial charge >= 0.3 is 97.3 Å². The fourth-order valence-corrected chi connectivity index (χ4v) is 6.32. The van der Waals surface area contributed by atoms with Gasteiger partial charge in [-0.1, -0.05) is 0 Å². The Kier molecular flexibility index (Phi) is 6.56. The minimum absolute atomic E-state index is 0.134. The van der Waals surface area contributed by atoms with Gasteiger partial charge in [-0.15, -0.1) is 0 Å². The SMILES string of the molecule is CCC(C)N(C(C)CC)S(=O)(=O)[I-]C. The van der Waals surface area contributed by atoms with Crippen molar-refractivity contribution in [3.05, 3.63) is 0 Å². The molecular weight excluding hydrogens is 313 g/mol. The summed E-state index contributed by atoms with van der Waals surface area (Å²) in [6, 6.07) is 0.268. The summed E-state index contributed by atoms with van der Waals surface area (Å²) >= 11 is -0.760. The predicted octanol–water partition coefficient (Wildman–Crippen LogP) is -1.15. The third-order valence-corrected chi connectivity index (χ3v) is 8.81. The number of rotatable bonds is 6. The molecule has 2 unspecified atom stereocenters. The van der Waals surface area contributed by atoms with Crippen LogP contribution in [-0.2, 0) is 7.19 Å². The molecule has 0 heterocycles. The zero-order valence-electron chi connectivity index (χ0n) is 9.62. The van der Waals surface area contributed by atoms with Gasteiger partial charge in [-0.25, -0.2) is 0 Å². The third kappa shape index (κ3) is 3.66. The molecule has 0 fully saturated rings. The minimum atomic E-state index is -2.94. The maximum atomic E-state index is 11.9. The molecule has 0 aliphatic carbocycles. The number of hydrogen-bond donors (Lipinski definition) is 0. The normalized spacial score (nSPS) is 17.3. The molecule has 0 amide bonds. The van der Waals surface area contributed by atoms with Crippen molar-refractivity contribution >= 4 is 7.19 Å². The molecule has 0 aliphatic heterocycles. The third-order valence-electron chi connectivity index (χ3n) is 2.50. The molecule has 0 radical (unpaired) electrons. The van der Waals surface area contributed by atoms with E-state index < -0.39 is 27.0 Å². The number of hydrogen-bond acceptors (Lipinski definition) is 2. The van der Waals surface area contributed by atoms with E-state index in [1.54, 1.807) is 4.31 Å². The van der Waals surface area contributed by atoms with Gasteiger partial charge in [-0.3, -0.25) is 0 Å². The molecule has 0 saturated carbocycles. The zero-order valence-corrected chi connectivity index (χ0v) is 12.6. The molecule has 0 spiro atoms. The Morgan fingerprint density at radius 1 is 1.14 bits per heavy atom. The summed E-state index contributed by atoms with van der Waals surface area (Å²) in [6.45, 7) is 8.04. The van der Waals surface area contributed by atoms with Gasteiger partial charge in [-0.2, -0.15) is 0 Å². The van der Waals surface area contributed by atoms with Crippen LogP contribution in [0.5, 0.6) is 0 Å². The van der Waals surface area contributed by atoms with Gasteiger partial charge in [0.15, 0.2) is 0 Å². The van der Waals surface area contributed by atoms with Crippen molar-refractivity contribution in [2.24, 2.45) is 0 Å². The molecule has 88 valence electrons. The van der Waals surface area contributed by atoms with Gasteiger partial charge in [0.05, 0.1) is 0 Å². The Hall–Kier alpha value is 0.640. The molecule has 3 nitrogen and oxygen atoms in total. The zero-order chi connectivity index (χ0) is 11.4. The van der Waals surface area contributed by atoms with Gasteiger partial charge in [0.2, 0.25) is 0 Å². The molecule has 0 aromatic carbocycles. The van der Waals surface area contributed by atoms with Crippen molar-refractivity contribution < 1.29 is 28.2 Å². The topological polar surface area (TPSA) is 37.4 Å². The average Bonchev–Trinajstić information content (AvgIpc) is 2.17. The van der Waals surface area contributed by atoms with Crippen LogP contribution in [-0.4, -0.2) is 29.7 Å². The fraction of sp³-hybridized carbons (Fsp3) is 1.00. The van der Waals surface area contributed by atoms with E-state index in [1.165, 1.54) is 0 Å². The van der Waals surface area contributed by atoms with E-state index in [2.05, 4.69) is 0 Å². The maximum absolute atomic E-state index is 11.9. The first-order valence-electron chi connectivity index (χ1n) is 4.95. The molecule has 0 bridgehead atoms. The summed E-state index contributed by atoms with van der Waals surface area (Å²) in [5.41, 5.74) is 0. The van der Waals surface area contributed by atoms with E-state index in [9.17, 15) is 8.42 Å². The second-order valence-corrected chi connectivity index (χ2v) is 11.0. The van der Waals surface area contributed by atoms with E-state index in [-0.39, 0.29) is 12.1 Å². The van der Waals surface area contributed by atoms with Crippen LogP contribution in [0, 0.1) is 0 Å². The molecule has 0 aromatic rings. The van der Waals surface area contributed by atoms with Crippen molar-refractivity contribution in [1.82, 2.24) is 4.31 Å². The Morgan fingerprint density at radius 2 is 1.50 bits per heavy atom. The molecule has 14 heavy (non-hydrogen) atoms. The van der Waals surface area contributed by atoms with Crippen LogP contribution in [0.25, 0.3) is 0 Å². The Morgan fingerprint density at radius 3 is 1.71 bits per heavy atom. The summed E-state index contributed by atoms with van der Waals surface area (Å²) < 4.78 is 25.5. The summed E-state index contributed by atoms with van der Waals surface area (Å²) in [5, 5.41) is 0. The van der Waals surface area contributed by atoms with Crippen LogP contribution in [0.1, 0.15) is 40.5 Å². The first-order valence-corrected chi connectivity index (χ1v) is 11.1. The standard InChI is InChI=1S/C9H21INO2S/c1-6-8(3)11(9(4)7-2)14(12,13)10-5/h8-9H,6-7H2,1-5H3/q-1. The molecule has 0 aromatic heterocycles. The van der Waals surface area contributed by atoms with E-state index in [1.807, 2.05) is 32.6 Å². The van der Waals surface area contributed by atoms with E-state index in [0.29, 0.717) is 0 Å². The molecular formula is C9H21INO2S-. The fourth-order valence-electron chi connectivity index (χ4n) is 1.30.